The Balaban J connectivity index is 2.15. The molecule has 0 nitrogen and oxygen atoms in total. The van der Waals surface area contributed by atoms with E-state index in [9.17, 15) is 0 Å². The van der Waals surface area contributed by atoms with E-state index in [1.807, 2.05) is 0 Å². The molecule has 0 aliphatic heterocycles. The summed E-state index contributed by atoms with van der Waals surface area (Å²) in [5, 5.41) is 5.34. The second-order valence-corrected chi connectivity index (χ2v) is 5.35. The molecule has 59 valence electrons. The van der Waals surface area contributed by atoms with Crippen LogP contribution < -0.4 is 8.92 Å². The first kappa shape index (κ1) is 8.06. The average molecular weight is 238 g/mol. The normalized spacial score (nSPS) is 10.0. The zero-order valence-corrected chi connectivity index (χ0v) is 8.89. The van der Waals surface area contributed by atoms with Crippen LogP contribution in [0.2, 0.25) is 0 Å². The molecule has 0 bridgehead atoms. The number of hydrogen-bond donors (Lipinski definition) is 0. The minimum absolute atomic E-state index is 0.446. The van der Waals surface area contributed by atoms with Gasteiger partial charge < -0.3 is 0 Å². The van der Waals surface area contributed by atoms with Crippen LogP contribution >= 0.6 is 11.3 Å². The third-order valence-corrected chi connectivity index (χ3v) is 4.35. The van der Waals surface area contributed by atoms with Gasteiger partial charge in [0, 0.05) is 0 Å². The Bertz CT molecular complexity index is 326. The van der Waals surface area contributed by atoms with Gasteiger partial charge in [0.1, 0.15) is 0 Å². The Kier molecular flexibility index (Phi) is 2.62. The zero-order chi connectivity index (χ0) is 8.23. The fraction of sp³-hybridized carbons (Fsp3) is 0. The maximum atomic E-state index is 3.26. The van der Waals surface area contributed by atoms with Crippen LogP contribution in [0.1, 0.15) is 0 Å². The molecule has 0 N–H and O–H groups in total. The predicted molar refractivity (Wildman–Crippen MR) is 54.6 cm³/mol. The van der Waals surface area contributed by atoms with Crippen molar-refractivity contribution in [2.24, 2.45) is 0 Å². The first-order chi connectivity index (χ1) is 5.95. The number of rotatable bonds is 2. The Labute approximate surface area is 82.4 Å². The van der Waals surface area contributed by atoms with Crippen molar-refractivity contribution in [3.63, 3.8) is 0 Å². The van der Waals surface area contributed by atoms with Gasteiger partial charge in [-0.3, -0.25) is 0 Å². The van der Waals surface area contributed by atoms with Gasteiger partial charge in [-0.15, -0.1) is 0 Å². The fourth-order valence-corrected chi connectivity index (χ4v) is 3.58. The quantitative estimate of drug-likeness (QED) is 0.690. The molecule has 0 saturated carbocycles. The van der Waals surface area contributed by atoms with Crippen LogP contribution in [0.5, 0.6) is 0 Å². The topological polar surface area (TPSA) is 0 Å². The van der Waals surface area contributed by atoms with Crippen LogP contribution in [0, 0.1) is 5.38 Å². The molecule has 0 aliphatic carbocycles. The number of benzene rings is 1. The summed E-state index contributed by atoms with van der Waals surface area (Å²) in [6, 6.07) is 12.7. The van der Waals surface area contributed by atoms with Gasteiger partial charge in [0.15, 0.2) is 0 Å². The molecule has 0 saturated heterocycles. The van der Waals surface area contributed by atoms with E-state index in [1.165, 1.54) is 8.92 Å². The van der Waals surface area contributed by atoms with Crippen LogP contribution in [-0.4, -0.2) is 15.0 Å². The van der Waals surface area contributed by atoms with Gasteiger partial charge in [0.25, 0.3) is 0 Å². The molecule has 1 heterocycles. The van der Waals surface area contributed by atoms with E-state index in [0.717, 1.165) is 0 Å². The fourth-order valence-electron chi connectivity index (χ4n) is 0.892. The molecule has 2 rings (SSSR count). The Hall–Kier alpha value is -0.561. The third-order valence-electron chi connectivity index (χ3n) is 1.42. The molecule has 0 unspecified atom stereocenters. The van der Waals surface area contributed by atoms with Gasteiger partial charge in [0.2, 0.25) is 0 Å². The summed E-state index contributed by atoms with van der Waals surface area (Å²) in [6.45, 7) is 0. The van der Waals surface area contributed by atoms with Crippen LogP contribution in [0.15, 0.2) is 41.8 Å². The van der Waals surface area contributed by atoms with Gasteiger partial charge in [-0.25, -0.2) is 0 Å². The number of hydrogen-bond acceptors (Lipinski definition) is 1. The minimum atomic E-state index is 0.446. The van der Waals surface area contributed by atoms with Crippen molar-refractivity contribution in [3.8, 4) is 0 Å². The first-order valence-corrected chi connectivity index (χ1v) is 6.22. The van der Waals surface area contributed by atoms with E-state index in [0.29, 0.717) is 15.0 Å². The molecule has 0 amide bonds. The summed E-state index contributed by atoms with van der Waals surface area (Å²) in [5.74, 6) is 0. The van der Waals surface area contributed by atoms with Crippen LogP contribution in [0.25, 0.3) is 0 Å². The summed E-state index contributed by atoms with van der Waals surface area (Å²) < 4.78 is 2.76. The van der Waals surface area contributed by atoms with Crippen molar-refractivity contribution in [2.45, 2.75) is 0 Å². The predicted octanol–water partition coefficient (Wildman–Crippen LogP) is 1.20. The summed E-state index contributed by atoms with van der Waals surface area (Å²) in [4.78, 5) is 0. The van der Waals surface area contributed by atoms with E-state index >= 15 is 0 Å². The molecule has 2 heteroatoms. The SMILES string of the molecule is [c]1sccc1[Se]c1ccccc1. The van der Waals surface area contributed by atoms with Crippen molar-refractivity contribution in [1.29, 1.82) is 0 Å². The van der Waals surface area contributed by atoms with E-state index in [1.54, 1.807) is 11.3 Å². The average Bonchev–Trinajstić information content (AvgIpc) is 2.59. The molecule has 2 aromatic rings. The van der Waals surface area contributed by atoms with Crippen molar-refractivity contribution in [1.82, 2.24) is 0 Å². The second-order valence-electron chi connectivity index (χ2n) is 2.30. The maximum absolute atomic E-state index is 3.26. The van der Waals surface area contributed by atoms with E-state index in [-0.39, 0.29) is 0 Å². The monoisotopic (exact) mass is 239 g/mol. The van der Waals surface area contributed by atoms with Gasteiger partial charge in [-0.2, -0.15) is 0 Å². The van der Waals surface area contributed by atoms with Crippen LogP contribution in [0.3, 0.4) is 0 Å². The van der Waals surface area contributed by atoms with Gasteiger partial charge in [-0.05, 0) is 0 Å². The standard InChI is InChI=1S/C10H7SSe/c1-2-4-9(5-3-1)12-10-6-7-11-8-10/h1-7H. The Morgan fingerprint density at radius 2 is 1.92 bits per heavy atom. The molecule has 1 aromatic carbocycles. The molecular formula is C10H7SSe. The van der Waals surface area contributed by atoms with Crippen LogP contribution in [0.4, 0.5) is 0 Å². The van der Waals surface area contributed by atoms with Gasteiger partial charge in [0.05, 0.1) is 0 Å². The first-order valence-electron chi connectivity index (χ1n) is 3.63. The summed E-state index contributed by atoms with van der Waals surface area (Å²) in [6.07, 6.45) is 0. The Morgan fingerprint density at radius 3 is 2.58 bits per heavy atom. The molecule has 0 fully saturated rings. The van der Waals surface area contributed by atoms with Gasteiger partial charge in [-0.1, -0.05) is 0 Å². The molecule has 0 spiro atoms. The molecule has 0 atom stereocenters. The van der Waals surface area contributed by atoms with Gasteiger partial charge >= 0.3 is 82.4 Å². The summed E-state index contributed by atoms with van der Waals surface area (Å²) in [5.41, 5.74) is 0. The molecule has 1 aromatic heterocycles. The van der Waals surface area contributed by atoms with E-state index in [2.05, 4.69) is 47.2 Å². The van der Waals surface area contributed by atoms with E-state index < -0.39 is 0 Å². The zero-order valence-electron chi connectivity index (χ0n) is 6.36. The molecular weight excluding hydrogens is 231 g/mol. The van der Waals surface area contributed by atoms with Crippen molar-refractivity contribution in [2.75, 3.05) is 0 Å². The van der Waals surface area contributed by atoms with E-state index in [4.69, 9.17) is 0 Å². The molecule has 12 heavy (non-hydrogen) atoms. The van der Waals surface area contributed by atoms with Crippen molar-refractivity contribution < 1.29 is 0 Å². The second kappa shape index (κ2) is 3.90. The Morgan fingerprint density at radius 1 is 1.08 bits per heavy atom. The summed E-state index contributed by atoms with van der Waals surface area (Å²) >= 11 is 2.10. The molecule has 1 radical (unpaired) electrons. The van der Waals surface area contributed by atoms with Crippen molar-refractivity contribution in [3.05, 3.63) is 47.2 Å². The summed E-state index contributed by atoms with van der Waals surface area (Å²) in [7, 11) is 0. The van der Waals surface area contributed by atoms with Crippen molar-refractivity contribution >= 4 is 35.2 Å². The molecule has 0 aliphatic rings. The third kappa shape index (κ3) is 1.98. The van der Waals surface area contributed by atoms with Crippen LogP contribution in [-0.2, 0) is 0 Å². The number of thiophene rings is 1.